The molecule has 0 rings (SSSR count). The molecule has 0 radical (unpaired) electrons. The van der Waals surface area contributed by atoms with Crippen LogP contribution in [0, 0.1) is 5.92 Å². The maximum atomic E-state index is 11.0. The molecule has 0 aromatic heterocycles. The predicted molar refractivity (Wildman–Crippen MR) is 138 cm³/mol. The van der Waals surface area contributed by atoms with E-state index < -0.39 is 5.97 Å². The van der Waals surface area contributed by atoms with Crippen LogP contribution in [-0.4, -0.2) is 11.1 Å². The van der Waals surface area contributed by atoms with Gasteiger partial charge in [-0.3, -0.25) is 4.79 Å². The summed E-state index contributed by atoms with van der Waals surface area (Å²) in [5.41, 5.74) is 0. The van der Waals surface area contributed by atoms with Crippen LogP contribution in [0.5, 0.6) is 0 Å². The van der Waals surface area contributed by atoms with Crippen molar-refractivity contribution in [3.05, 3.63) is 0 Å². The molecule has 0 heterocycles. The minimum absolute atomic E-state index is 0.374. The van der Waals surface area contributed by atoms with Crippen LogP contribution in [0.1, 0.15) is 174 Å². The fourth-order valence-corrected chi connectivity index (χ4v) is 4.78. The van der Waals surface area contributed by atoms with Crippen molar-refractivity contribution in [2.45, 2.75) is 174 Å². The molecule has 186 valence electrons. The van der Waals surface area contributed by atoms with Crippen LogP contribution >= 0.6 is 0 Å². The second-order valence-corrected chi connectivity index (χ2v) is 10.1. The number of hydrogen-bond donors (Lipinski definition) is 1. The number of carboxylic acids is 1. The molecule has 1 N–H and O–H groups in total. The summed E-state index contributed by atoms with van der Waals surface area (Å²) >= 11 is 0. The van der Waals surface area contributed by atoms with E-state index in [0.717, 1.165) is 12.8 Å². The minimum Gasteiger partial charge on any atom is -0.481 e. The molecule has 0 aliphatic rings. The Hall–Kier alpha value is -0.530. The number of aliphatic carboxylic acids is 1. The fourth-order valence-electron chi connectivity index (χ4n) is 4.78. The maximum Gasteiger partial charge on any atom is 0.303 e. The number of carboxylic acid groups (broad SMARTS) is 1. The zero-order valence-corrected chi connectivity index (χ0v) is 21.6. The van der Waals surface area contributed by atoms with E-state index in [2.05, 4.69) is 13.8 Å². The van der Waals surface area contributed by atoms with E-state index in [9.17, 15) is 4.79 Å². The Labute approximate surface area is 196 Å². The summed E-state index contributed by atoms with van der Waals surface area (Å²) in [4.78, 5) is 11.0. The van der Waals surface area contributed by atoms with Crippen molar-refractivity contribution in [1.29, 1.82) is 0 Å². The molecule has 2 heteroatoms. The SMILES string of the molecule is CCCCCCCCCCCCCCCCCCCCCCC(CCCC)CC(=O)O. The summed E-state index contributed by atoms with van der Waals surface area (Å²) in [6, 6.07) is 0. The first-order valence-corrected chi connectivity index (χ1v) is 14.4. The van der Waals surface area contributed by atoms with Crippen LogP contribution < -0.4 is 0 Å². The van der Waals surface area contributed by atoms with E-state index in [1.54, 1.807) is 0 Å². The molecule has 0 aliphatic heterocycles. The van der Waals surface area contributed by atoms with Gasteiger partial charge in [0.25, 0.3) is 0 Å². The topological polar surface area (TPSA) is 37.3 Å². The molecule has 2 nitrogen and oxygen atoms in total. The maximum absolute atomic E-state index is 11.0. The molecule has 0 aromatic carbocycles. The van der Waals surface area contributed by atoms with Gasteiger partial charge in [-0.25, -0.2) is 0 Å². The van der Waals surface area contributed by atoms with E-state index in [0.29, 0.717) is 12.3 Å². The molecule has 0 bridgehead atoms. The van der Waals surface area contributed by atoms with Gasteiger partial charge in [-0.15, -0.1) is 0 Å². The van der Waals surface area contributed by atoms with Crippen molar-refractivity contribution in [2.75, 3.05) is 0 Å². The quantitative estimate of drug-likeness (QED) is 0.136. The molecule has 0 fully saturated rings. The molecule has 0 aromatic rings. The third-order valence-corrected chi connectivity index (χ3v) is 6.90. The van der Waals surface area contributed by atoms with Crippen molar-refractivity contribution in [3.8, 4) is 0 Å². The van der Waals surface area contributed by atoms with Crippen molar-refractivity contribution in [2.24, 2.45) is 5.92 Å². The number of carbonyl (C=O) groups is 1. The number of rotatable bonds is 26. The molecule has 0 aliphatic carbocycles. The van der Waals surface area contributed by atoms with E-state index in [4.69, 9.17) is 5.11 Å². The summed E-state index contributed by atoms with van der Waals surface area (Å²) in [5.74, 6) is -0.206. The first-order chi connectivity index (χ1) is 15.2. The number of unbranched alkanes of at least 4 members (excludes halogenated alkanes) is 20. The summed E-state index contributed by atoms with van der Waals surface area (Å²) in [6.07, 6.45) is 33.2. The Bertz CT molecular complexity index is 353. The summed E-state index contributed by atoms with van der Waals surface area (Å²) in [5, 5.41) is 9.05. The normalized spacial score (nSPS) is 12.3. The lowest BCUT2D eigenvalue weighted by Crippen LogP contribution is -2.08. The standard InChI is InChI=1S/C29H58O2/c1-3-5-7-8-9-10-11-12-13-14-15-16-17-18-19-20-21-22-23-24-26-28(25-6-4-2)27-29(30)31/h28H,3-27H2,1-2H3,(H,30,31). The van der Waals surface area contributed by atoms with Gasteiger partial charge in [0.2, 0.25) is 0 Å². The highest BCUT2D eigenvalue weighted by atomic mass is 16.4. The molecule has 0 amide bonds. The second-order valence-electron chi connectivity index (χ2n) is 10.1. The van der Waals surface area contributed by atoms with E-state index in [1.807, 2.05) is 0 Å². The van der Waals surface area contributed by atoms with Crippen LogP contribution in [0.25, 0.3) is 0 Å². The highest BCUT2D eigenvalue weighted by Gasteiger charge is 2.12. The van der Waals surface area contributed by atoms with E-state index >= 15 is 0 Å². The Morgan fingerprint density at radius 3 is 1.10 bits per heavy atom. The smallest absolute Gasteiger partial charge is 0.303 e. The second kappa shape index (κ2) is 25.7. The average molecular weight is 439 g/mol. The first kappa shape index (κ1) is 30.5. The van der Waals surface area contributed by atoms with Crippen LogP contribution in [0.3, 0.4) is 0 Å². The molecule has 1 atom stereocenters. The van der Waals surface area contributed by atoms with Gasteiger partial charge in [0, 0.05) is 6.42 Å². The highest BCUT2D eigenvalue weighted by molar-refractivity contribution is 5.66. The van der Waals surface area contributed by atoms with Crippen LogP contribution in [0.2, 0.25) is 0 Å². The number of hydrogen-bond acceptors (Lipinski definition) is 1. The zero-order chi connectivity index (χ0) is 22.8. The molecular weight excluding hydrogens is 380 g/mol. The Kier molecular flexibility index (Phi) is 25.3. The molecule has 0 spiro atoms. The van der Waals surface area contributed by atoms with Gasteiger partial charge < -0.3 is 5.11 Å². The molecule has 0 saturated heterocycles. The molecule has 0 saturated carbocycles. The van der Waals surface area contributed by atoms with Crippen LogP contribution in [-0.2, 0) is 4.79 Å². The van der Waals surface area contributed by atoms with E-state index in [-0.39, 0.29) is 0 Å². The van der Waals surface area contributed by atoms with Crippen LogP contribution in [0.4, 0.5) is 0 Å². The molecule has 31 heavy (non-hydrogen) atoms. The summed E-state index contributed by atoms with van der Waals surface area (Å²) < 4.78 is 0. The summed E-state index contributed by atoms with van der Waals surface area (Å²) in [6.45, 7) is 4.48. The lowest BCUT2D eigenvalue weighted by atomic mass is 9.92. The van der Waals surface area contributed by atoms with Gasteiger partial charge >= 0.3 is 5.97 Å². The lowest BCUT2D eigenvalue weighted by molar-refractivity contribution is -0.138. The fraction of sp³-hybridized carbons (Fsp3) is 0.966. The highest BCUT2D eigenvalue weighted by Crippen LogP contribution is 2.21. The zero-order valence-electron chi connectivity index (χ0n) is 21.6. The van der Waals surface area contributed by atoms with Gasteiger partial charge in [-0.1, -0.05) is 155 Å². The van der Waals surface area contributed by atoms with Gasteiger partial charge in [-0.2, -0.15) is 0 Å². The summed E-state index contributed by atoms with van der Waals surface area (Å²) in [7, 11) is 0. The van der Waals surface area contributed by atoms with Crippen molar-refractivity contribution < 1.29 is 9.90 Å². The van der Waals surface area contributed by atoms with Crippen molar-refractivity contribution in [1.82, 2.24) is 0 Å². The minimum atomic E-state index is -0.616. The van der Waals surface area contributed by atoms with Gasteiger partial charge in [0.05, 0.1) is 0 Å². The molecular formula is C29H58O2. The third-order valence-electron chi connectivity index (χ3n) is 6.90. The van der Waals surface area contributed by atoms with E-state index in [1.165, 1.54) is 141 Å². The Balaban J connectivity index is 3.23. The third kappa shape index (κ3) is 25.6. The van der Waals surface area contributed by atoms with Crippen molar-refractivity contribution >= 4 is 5.97 Å². The average Bonchev–Trinajstić information content (AvgIpc) is 2.75. The monoisotopic (exact) mass is 438 g/mol. The van der Waals surface area contributed by atoms with Gasteiger partial charge in [0.1, 0.15) is 0 Å². The van der Waals surface area contributed by atoms with Gasteiger partial charge in [0.15, 0.2) is 0 Å². The predicted octanol–water partition coefficient (Wildman–Crippen LogP) is 10.5. The molecule has 1 unspecified atom stereocenters. The Morgan fingerprint density at radius 1 is 0.484 bits per heavy atom. The van der Waals surface area contributed by atoms with Gasteiger partial charge in [-0.05, 0) is 18.8 Å². The van der Waals surface area contributed by atoms with Crippen LogP contribution in [0.15, 0.2) is 0 Å². The lowest BCUT2D eigenvalue weighted by Gasteiger charge is -2.14. The van der Waals surface area contributed by atoms with Crippen molar-refractivity contribution in [3.63, 3.8) is 0 Å². The largest absolute Gasteiger partial charge is 0.481 e. The Morgan fingerprint density at radius 2 is 0.774 bits per heavy atom. The first-order valence-electron chi connectivity index (χ1n) is 14.4.